The van der Waals surface area contributed by atoms with Crippen LogP contribution in [0.1, 0.15) is 51.1 Å². The highest BCUT2D eigenvalue weighted by Crippen LogP contribution is 2.25. The summed E-state index contributed by atoms with van der Waals surface area (Å²) in [7, 11) is 0. The highest BCUT2D eigenvalue weighted by Gasteiger charge is 2.20. The first-order valence-corrected chi connectivity index (χ1v) is 7.65. The molecule has 110 valence electrons. The number of amides is 1. The topological polar surface area (TPSA) is 68.0 Å². The number of carbonyl (C=O) groups excluding carboxylic acids is 1. The van der Waals surface area contributed by atoms with E-state index in [1.165, 1.54) is 38.5 Å². The van der Waals surface area contributed by atoms with Gasteiger partial charge in [-0.3, -0.25) is 9.78 Å². The van der Waals surface area contributed by atoms with Crippen molar-refractivity contribution < 1.29 is 4.79 Å². The third kappa shape index (κ3) is 4.51. The molecule has 0 unspecified atom stereocenters. The minimum Gasteiger partial charge on any atom is -0.397 e. The molecule has 0 aromatic carbocycles. The number of hydrogen-bond donors (Lipinski definition) is 2. The van der Waals surface area contributed by atoms with Gasteiger partial charge in [-0.2, -0.15) is 0 Å². The Hall–Kier alpha value is -1.58. The number of nitrogens with two attached hydrogens (primary N) is 1. The summed E-state index contributed by atoms with van der Waals surface area (Å²) in [5.74, 6) is 0.680. The van der Waals surface area contributed by atoms with Crippen LogP contribution in [0, 0.1) is 5.92 Å². The van der Waals surface area contributed by atoms with Crippen molar-refractivity contribution in [1.29, 1.82) is 0 Å². The van der Waals surface area contributed by atoms with E-state index < -0.39 is 0 Å². The summed E-state index contributed by atoms with van der Waals surface area (Å²) in [4.78, 5) is 16.2. The van der Waals surface area contributed by atoms with Crippen molar-refractivity contribution in [2.75, 3.05) is 5.73 Å². The average molecular weight is 275 g/mol. The predicted molar refractivity (Wildman–Crippen MR) is 81.2 cm³/mol. The molecule has 1 heterocycles. The molecule has 1 amide bonds. The van der Waals surface area contributed by atoms with E-state index in [1.54, 1.807) is 12.3 Å². The number of hydrogen-bond acceptors (Lipinski definition) is 3. The van der Waals surface area contributed by atoms with Crippen molar-refractivity contribution in [3.05, 3.63) is 24.0 Å². The van der Waals surface area contributed by atoms with Gasteiger partial charge in [0.2, 0.25) is 5.91 Å². The fourth-order valence-electron chi connectivity index (χ4n) is 2.94. The molecule has 0 saturated heterocycles. The molecule has 3 N–H and O–H groups in total. The quantitative estimate of drug-likeness (QED) is 0.830. The second kappa shape index (κ2) is 7.27. The number of pyridine rings is 1. The number of nitrogen functional groups attached to an aromatic ring is 1. The van der Waals surface area contributed by atoms with E-state index in [0.29, 0.717) is 18.0 Å². The molecule has 0 bridgehead atoms. The first kappa shape index (κ1) is 14.8. The van der Waals surface area contributed by atoms with Gasteiger partial charge >= 0.3 is 0 Å². The van der Waals surface area contributed by atoms with Crippen LogP contribution >= 0.6 is 0 Å². The van der Waals surface area contributed by atoms with Gasteiger partial charge in [-0.05, 0) is 37.8 Å². The van der Waals surface area contributed by atoms with Crippen LogP contribution in [-0.2, 0) is 11.2 Å². The summed E-state index contributed by atoms with van der Waals surface area (Å²) in [6.07, 6.45) is 9.67. The lowest BCUT2D eigenvalue weighted by atomic mass is 9.93. The van der Waals surface area contributed by atoms with Gasteiger partial charge in [0, 0.05) is 11.7 Å². The molecule has 20 heavy (non-hydrogen) atoms. The van der Waals surface area contributed by atoms with Crippen LogP contribution in [-0.4, -0.2) is 16.9 Å². The van der Waals surface area contributed by atoms with E-state index in [-0.39, 0.29) is 11.9 Å². The Morgan fingerprint density at radius 3 is 2.65 bits per heavy atom. The average Bonchev–Trinajstić information content (AvgIpc) is 2.70. The summed E-state index contributed by atoms with van der Waals surface area (Å²) >= 11 is 0. The standard InChI is InChI=1S/C16H25N3O/c1-12(13-6-4-2-3-5-7-13)19-16(20)10-15-9-8-14(17)11-18-15/h8-9,11-13H,2-7,10,17H2,1H3,(H,19,20)/t12-/m0/s1. The molecule has 0 radical (unpaired) electrons. The van der Waals surface area contributed by atoms with Crippen molar-refractivity contribution in [2.45, 2.75) is 57.9 Å². The van der Waals surface area contributed by atoms with Gasteiger partial charge in [0.05, 0.1) is 18.3 Å². The molecule has 0 spiro atoms. The maximum atomic E-state index is 12.1. The van der Waals surface area contributed by atoms with Crippen LogP contribution in [0.25, 0.3) is 0 Å². The van der Waals surface area contributed by atoms with E-state index in [4.69, 9.17) is 5.73 Å². The van der Waals surface area contributed by atoms with E-state index in [1.807, 2.05) is 6.07 Å². The normalized spacial score (nSPS) is 18.2. The number of aromatic nitrogens is 1. The minimum absolute atomic E-state index is 0.0546. The van der Waals surface area contributed by atoms with E-state index >= 15 is 0 Å². The molecule has 1 aliphatic rings. The maximum Gasteiger partial charge on any atom is 0.226 e. The Bertz CT molecular complexity index is 422. The Morgan fingerprint density at radius 2 is 2.05 bits per heavy atom. The molecular weight excluding hydrogens is 250 g/mol. The number of nitrogens with one attached hydrogen (secondary N) is 1. The highest BCUT2D eigenvalue weighted by molar-refractivity contribution is 5.78. The highest BCUT2D eigenvalue weighted by atomic mass is 16.1. The van der Waals surface area contributed by atoms with E-state index in [2.05, 4.69) is 17.2 Å². The second-order valence-electron chi connectivity index (χ2n) is 5.87. The van der Waals surface area contributed by atoms with Crippen molar-refractivity contribution in [3.63, 3.8) is 0 Å². The summed E-state index contributed by atoms with van der Waals surface area (Å²) in [5.41, 5.74) is 6.98. The molecule has 2 rings (SSSR count). The van der Waals surface area contributed by atoms with E-state index in [0.717, 1.165) is 5.69 Å². The fraction of sp³-hybridized carbons (Fsp3) is 0.625. The van der Waals surface area contributed by atoms with Crippen LogP contribution in [0.15, 0.2) is 18.3 Å². The fourth-order valence-corrected chi connectivity index (χ4v) is 2.94. The van der Waals surface area contributed by atoms with Gasteiger partial charge in [-0.1, -0.05) is 25.7 Å². The zero-order chi connectivity index (χ0) is 14.4. The molecule has 4 heteroatoms. The van der Waals surface area contributed by atoms with Gasteiger partial charge in [0.25, 0.3) is 0 Å². The molecule has 4 nitrogen and oxygen atoms in total. The maximum absolute atomic E-state index is 12.1. The van der Waals surface area contributed by atoms with Gasteiger partial charge in [-0.25, -0.2) is 0 Å². The van der Waals surface area contributed by atoms with Gasteiger partial charge in [0.1, 0.15) is 0 Å². The van der Waals surface area contributed by atoms with Crippen molar-refractivity contribution >= 4 is 11.6 Å². The molecule has 1 aromatic heterocycles. The lowest BCUT2D eigenvalue weighted by Gasteiger charge is -2.23. The summed E-state index contributed by atoms with van der Waals surface area (Å²) in [5, 5.41) is 3.13. The first-order chi connectivity index (χ1) is 9.65. The zero-order valence-corrected chi connectivity index (χ0v) is 12.3. The molecule has 0 aliphatic heterocycles. The van der Waals surface area contributed by atoms with Crippen LogP contribution in [0.5, 0.6) is 0 Å². The third-order valence-electron chi connectivity index (χ3n) is 4.18. The monoisotopic (exact) mass is 275 g/mol. The summed E-state index contributed by atoms with van der Waals surface area (Å²) < 4.78 is 0. The van der Waals surface area contributed by atoms with E-state index in [9.17, 15) is 4.79 Å². The molecular formula is C16H25N3O. The molecule has 1 atom stereocenters. The smallest absolute Gasteiger partial charge is 0.226 e. The first-order valence-electron chi connectivity index (χ1n) is 7.65. The van der Waals surface area contributed by atoms with Crippen LogP contribution in [0.3, 0.4) is 0 Å². The molecule has 1 fully saturated rings. The van der Waals surface area contributed by atoms with Crippen LogP contribution in [0.4, 0.5) is 5.69 Å². The zero-order valence-electron chi connectivity index (χ0n) is 12.3. The minimum atomic E-state index is 0.0546. The Balaban J connectivity index is 1.82. The van der Waals surface area contributed by atoms with Crippen molar-refractivity contribution in [2.24, 2.45) is 5.92 Å². The van der Waals surface area contributed by atoms with Crippen molar-refractivity contribution in [3.8, 4) is 0 Å². The SMILES string of the molecule is C[C@H](NC(=O)Cc1ccc(N)cn1)C1CCCCCC1. The summed E-state index contributed by atoms with van der Waals surface area (Å²) in [6.45, 7) is 2.13. The Labute approximate surface area is 121 Å². The molecule has 1 aliphatic carbocycles. The third-order valence-corrected chi connectivity index (χ3v) is 4.18. The van der Waals surface area contributed by atoms with Gasteiger partial charge in [-0.15, -0.1) is 0 Å². The Morgan fingerprint density at radius 1 is 1.35 bits per heavy atom. The number of anilines is 1. The van der Waals surface area contributed by atoms with Gasteiger partial charge < -0.3 is 11.1 Å². The molecule has 1 aromatic rings. The van der Waals surface area contributed by atoms with Crippen LogP contribution in [0.2, 0.25) is 0 Å². The number of carbonyl (C=O) groups is 1. The molecule has 1 saturated carbocycles. The number of nitrogens with zero attached hydrogens (tertiary/aromatic N) is 1. The lowest BCUT2D eigenvalue weighted by molar-refractivity contribution is -0.121. The largest absolute Gasteiger partial charge is 0.397 e. The number of rotatable bonds is 4. The van der Waals surface area contributed by atoms with Gasteiger partial charge in [0.15, 0.2) is 0 Å². The van der Waals surface area contributed by atoms with Crippen molar-refractivity contribution in [1.82, 2.24) is 10.3 Å². The Kier molecular flexibility index (Phi) is 5.39. The summed E-state index contributed by atoms with van der Waals surface area (Å²) in [6, 6.07) is 3.85. The second-order valence-corrected chi connectivity index (χ2v) is 5.87. The van der Waals surface area contributed by atoms with Crippen LogP contribution < -0.4 is 11.1 Å². The lowest BCUT2D eigenvalue weighted by Crippen LogP contribution is -2.38. The predicted octanol–water partition coefficient (Wildman–Crippen LogP) is 2.68.